The number of halogens is 1. The van der Waals surface area contributed by atoms with E-state index >= 15 is 0 Å². The molecule has 1 aromatic rings. The summed E-state index contributed by atoms with van der Waals surface area (Å²) in [6.45, 7) is 5.58. The molecule has 0 aromatic carbocycles. The van der Waals surface area contributed by atoms with Crippen LogP contribution in [0.25, 0.3) is 0 Å². The molecule has 0 saturated carbocycles. The Morgan fingerprint density at radius 2 is 2.37 bits per heavy atom. The number of nitrogens with one attached hydrogen (secondary N) is 2. The summed E-state index contributed by atoms with van der Waals surface area (Å²) in [7, 11) is 0. The van der Waals surface area contributed by atoms with Crippen molar-refractivity contribution < 1.29 is 4.39 Å². The van der Waals surface area contributed by atoms with Crippen molar-refractivity contribution in [3.05, 3.63) is 70.7 Å². The molecular weight excluding hydrogens is 363 g/mol. The molecule has 6 nitrogen and oxygen atoms in total. The average molecular weight is 387 g/mol. The number of thioether (sulfide) groups is 1. The molecule has 2 aliphatic heterocycles. The van der Waals surface area contributed by atoms with E-state index in [9.17, 15) is 4.39 Å². The Morgan fingerprint density at radius 3 is 3.07 bits per heavy atom. The number of anilines is 1. The third kappa shape index (κ3) is 4.47. The summed E-state index contributed by atoms with van der Waals surface area (Å²) in [6.07, 6.45) is 8.62. The first kappa shape index (κ1) is 19.3. The SMILES string of the molecule is C=C/C=C(\C=C\F)N=C(NN)c1cc(C2CC3=C(CNCC3)S2)cnc1N. The molecule has 0 spiro atoms. The van der Waals surface area contributed by atoms with Crippen molar-refractivity contribution in [2.24, 2.45) is 10.8 Å². The lowest BCUT2D eigenvalue weighted by Crippen LogP contribution is -2.32. The van der Waals surface area contributed by atoms with E-state index in [1.165, 1.54) is 22.6 Å². The summed E-state index contributed by atoms with van der Waals surface area (Å²) in [4.78, 5) is 10.1. The number of hydrogen-bond donors (Lipinski definition) is 4. The van der Waals surface area contributed by atoms with E-state index in [1.807, 2.05) is 17.8 Å². The largest absolute Gasteiger partial charge is 0.383 e. The van der Waals surface area contributed by atoms with Gasteiger partial charge in [-0.3, -0.25) is 0 Å². The lowest BCUT2D eigenvalue weighted by atomic mass is 10.00. The van der Waals surface area contributed by atoms with E-state index in [0.29, 0.717) is 34.5 Å². The Morgan fingerprint density at radius 1 is 1.52 bits per heavy atom. The van der Waals surface area contributed by atoms with E-state index in [0.717, 1.165) is 31.5 Å². The van der Waals surface area contributed by atoms with Gasteiger partial charge in [0.05, 0.1) is 17.6 Å². The van der Waals surface area contributed by atoms with Crippen LogP contribution in [-0.4, -0.2) is 23.9 Å². The maximum absolute atomic E-state index is 12.6. The van der Waals surface area contributed by atoms with Gasteiger partial charge in [-0.05, 0) is 48.1 Å². The number of amidine groups is 1. The van der Waals surface area contributed by atoms with Crippen LogP contribution < -0.4 is 22.3 Å². The van der Waals surface area contributed by atoms with Gasteiger partial charge >= 0.3 is 0 Å². The van der Waals surface area contributed by atoms with E-state index in [1.54, 1.807) is 12.3 Å². The zero-order valence-electron chi connectivity index (χ0n) is 14.9. The van der Waals surface area contributed by atoms with Crippen molar-refractivity contribution in [2.75, 3.05) is 18.8 Å². The number of nitrogens with zero attached hydrogens (tertiary/aromatic N) is 2. The molecule has 0 saturated heterocycles. The fourth-order valence-electron chi connectivity index (χ4n) is 3.14. The van der Waals surface area contributed by atoms with Crippen molar-refractivity contribution in [1.82, 2.24) is 15.7 Å². The molecule has 2 aliphatic rings. The van der Waals surface area contributed by atoms with Crippen molar-refractivity contribution in [3.63, 3.8) is 0 Å². The minimum Gasteiger partial charge on any atom is -0.383 e. The topological polar surface area (TPSA) is 101 Å². The van der Waals surface area contributed by atoms with Gasteiger partial charge < -0.3 is 16.5 Å². The van der Waals surface area contributed by atoms with Crippen LogP contribution in [0.5, 0.6) is 0 Å². The fraction of sp³-hybridized carbons (Fsp3) is 0.263. The molecular formula is C19H23FN6S. The van der Waals surface area contributed by atoms with E-state index in [-0.39, 0.29) is 0 Å². The van der Waals surface area contributed by atoms with Gasteiger partial charge in [0.2, 0.25) is 0 Å². The minimum absolute atomic E-state index is 0.301. The third-order valence-electron chi connectivity index (χ3n) is 4.47. The number of nitrogens with two attached hydrogens (primary N) is 2. The Hall–Kier alpha value is -2.42. The summed E-state index contributed by atoms with van der Waals surface area (Å²) in [6, 6.07) is 1.95. The Labute approximate surface area is 162 Å². The molecule has 3 rings (SSSR count). The van der Waals surface area contributed by atoms with Crippen LogP contribution in [0, 0.1) is 0 Å². The normalized spacial score (nSPS) is 20.9. The standard InChI is InChI=1S/C19H23FN6S/c1-2-3-14(4-6-20)25-19(26-22)15-8-13(10-24-18(15)21)16-9-12-5-7-23-11-17(12)27-16/h2-4,6,8,10,16,23H,1,5,7,9,11,22H2,(H2,21,24)(H,25,26)/b6-4+,14-3+. The quantitative estimate of drug-likeness (QED) is 0.204. The van der Waals surface area contributed by atoms with Gasteiger partial charge in [-0.25, -0.2) is 20.2 Å². The summed E-state index contributed by atoms with van der Waals surface area (Å²) < 4.78 is 12.6. The molecule has 0 bridgehead atoms. The Kier molecular flexibility index (Phi) is 6.44. The van der Waals surface area contributed by atoms with Crippen molar-refractivity contribution in [3.8, 4) is 0 Å². The van der Waals surface area contributed by atoms with Crippen LogP contribution in [0.15, 0.2) is 64.6 Å². The summed E-state index contributed by atoms with van der Waals surface area (Å²) in [5.41, 5.74) is 12.1. The Bertz CT molecular complexity index is 825. The van der Waals surface area contributed by atoms with E-state index in [2.05, 4.69) is 27.3 Å². The summed E-state index contributed by atoms with van der Waals surface area (Å²) >= 11 is 1.87. The number of nitrogen functional groups attached to an aromatic ring is 1. The maximum Gasteiger partial charge on any atom is 0.151 e. The fourth-order valence-corrected chi connectivity index (χ4v) is 4.57. The second-order valence-corrected chi connectivity index (χ2v) is 7.49. The molecule has 1 atom stereocenters. The number of aromatic nitrogens is 1. The lowest BCUT2D eigenvalue weighted by Gasteiger charge is -2.14. The number of rotatable bonds is 5. The van der Waals surface area contributed by atoms with Gasteiger partial charge in [0, 0.05) is 18.0 Å². The number of pyridine rings is 1. The first-order valence-electron chi connectivity index (χ1n) is 8.65. The van der Waals surface area contributed by atoms with Gasteiger partial charge in [-0.1, -0.05) is 18.2 Å². The molecule has 0 aliphatic carbocycles. The highest BCUT2D eigenvalue weighted by Crippen LogP contribution is 2.49. The van der Waals surface area contributed by atoms with Crippen molar-refractivity contribution in [2.45, 2.75) is 18.1 Å². The van der Waals surface area contributed by atoms with Gasteiger partial charge in [0.1, 0.15) is 5.82 Å². The van der Waals surface area contributed by atoms with Crippen LogP contribution >= 0.6 is 11.8 Å². The molecule has 3 heterocycles. The molecule has 27 heavy (non-hydrogen) atoms. The molecule has 8 heteroatoms. The predicted molar refractivity (Wildman–Crippen MR) is 110 cm³/mol. The number of hydrogen-bond acceptors (Lipinski definition) is 6. The van der Waals surface area contributed by atoms with E-state index in [4.69, 9.17) is 11.6 Å². The van der Waals surface area contributed by atoms with Crippen molar-refractivity contribution in [1.29, 1.82) is 0 Å². The second-order valence-electron chi connectivity index (χ2n) is 6.19. The van der Waals surface area contributed by atoms with Gasteiger partial charge in [0.25, 0.3) is 0 Å². The average Bonchev–Trinajstić information content (AvgIpc) is 3.11. The smallest absolute Gasteiger partial charge is 0.151 e. The predicted octanol–water partition coefficient (Wildman–Crippen LogP) is 2.85. The van der Waals surface area contributed by atoms with Gasteiger partial charge in [0.15, 0.2) is 5.84 Å². The number of hydrazine groups is 1. The van der Waals surface area contributed by atoms with Crippen LogP contribution in [0.2, 0.25) is 0 Å². The zero-order chi connectivity index (χ0) is 19.2. The first-order valence-corrected chi connectivity index (χ1v) is 9.53. The third-order valence-corrected chi connectivity index (χ3v) is 5.91. The highest BCUT2D eigenvalue weighted by molar-refractivity contribution is 8.03. The molecule has 0 radical (unpaired) electrons. The lowest BCUT2D eigenvalue weighted by molar-refractivity contribution is 0.681. The molecule has 0 amide bonds. The van der Waals surface area contributed by atoms with Crippen LogP contribution in [-0.2, 0) is 0 Å². The molecule has 6 N–H and O–H groups in total. The molecule has 1 aromatic heterocycles. The highest BCUT2D eigenvalue weighted by atomic mass is 32.2. The van der Waals surface area contributed by atoms with Crippen LogP contribution in [0.3, 0.4) is 0 Å². The molecule has 1 unspecified atom stereocenters. The Balaban J connectivity index is 1.90. The minimum atomic E-state index is 0.301. The monoisotopic (exact) mass is 386 g/mol. The second kappa shape index (κ2) is 8.98. The molecule has 0 fully saturated rings. The van der Waals surface area contributed by atoms with E-state index < -0.39 is 0 Å². The van der Waals surface area contributed by atoms with Crippen molar-refractivity contribution >= 4 is 23.4 Å². The first-order chi connectivity index (χ1) is 13.2. The maximum atomic E-state index is 12.6. The number of allylic oxidation sites excluding steroid dienone is 3. The van der Waals surface area contributed by atoms with Crippen LogP contribution in [0.4, 0.5) is 10.2 Å². The van der Waals surface area contributed by atoms with Gasteiger partial charge in [-0.2, -0.15) is 0 Å². The summed E-state index contributed by atoms with van der Waals surface area (Å²) in [5.74, 6) is 6.28. The summed E-state index contributed by atoms with van der Waals surface area (Å²) in [5, 5.41) is 3.71. The number of aliphatic imine (C=N–C) groups is 1. The highest BCUT2D eigenvalue weighted by Gasteiger charge is 2.28. The van der Waals surface area contributed by atoms with Crippen LogP contribution in [0.1, 0.15) is 29.2 Å². The van der Waals surface area contributed by atoms with Gasteiger partial charge in [-0.15, -0.1) is 11.8 Å². The molecule has 142 valence electrons. The zero-order valence-corrected chi connectivity index (χ0v) is 15.7.